The van der Waals surface area contributed by atoms with E-state index in [-0.39, 0.29) is 13.2 Å². The second-order valence-corrected chi connectivity index (χ2v) is 4.06. The van der Waals surface area contributed by atoms with Crippen molar-refractivity contribution >= 4 is 23.6 Å². The highest BCUT2D eigenvalue weighted by atomic mass is 16.7. The molecule has 1 aliphatic rings. The molecule has 0 aromatic heterocycles. The standard InChI is InChI=1S/C10H16N4O6/c1-5(15)13-19-3-7-9(17)12-8(10(18)11-7)4-20-14-6(2)16/h7-8H,3-4H2,1-2H3,(H,11,18)(H,12,17)(H,13,15)(H,14,16)/t7-,8-/m0/s1. The van der Waals surface area contributed by atoms with E-state index < -0.39 is 35.7 Å². The van der Waals surface area contributed by atoms with Crippen LogP contribution in [0.3, 0.4) is 0 Å². The Morgan fingerprint density at radius 3 is 1.60 bits per heavy atom. The van der Waals surface area contributed by atoms with E-state index in [4.69, 9.17) is 9.68 Å². The molecular formula is C10H16N4O6. The second kappa shape index (κ2) is 7.40. The van der Waals surface area contributed by atoms with E-state index in [0.29, 0.717) is 0 Å². The predicted octanol–water partition coefficient (Wildman–Crippen LogP) is -2.89. The molecule has 0 spiro atoms. The SMILES string of the molecule is CC(=O)NOC[C@@H]1NC(=O)[C@H](CONC(C)=O)NC1=O. The highest BCUT2D eigenvalue weighted by Crippen LogP contribution is 1.98. The summed E-state index contributed by atoms with van der Waals surface area (Å²) in [6, 6.07) is -1.82. The second-order valence-electron chi connectivity index (χ2n) is 4.06. The molecule has 1 rings (SSSR count). The van der Waals surface area contributed by atoms with Gasteiger partial charge in [-0.15, -0.1) is 0 Å². The number of hydrogen-bond donors (Lipinski definition) is 4. The van der Waals surface area contributed by atoms with Crippen LogP contribution in [-0.4, -0.2) is 48.9 Å². The van der Waals surface area contributed by atoms with E-state index in [1.165, 1.54) is 13.8 Å². The molecular weight excluding hydrogens is 272 g/mol. The van der Waals surface area contributed by atoms with Gasteiger partial charge in [0.2, 0.25) is 23.6 Å². The van der Waals surface area contributed by atoms with Crippen LogP contribution in [0.2, 0.25) is 0 Å². The fourth-order valence-corrected chi connectivity index (χ4v) is 1.36. The number of nitrogens with one attached hydrogen (secondary N) is 4. The van der Waals surface area contributed by atoms with Gasteiger partial charge in [-0.3, -0.25) is 28.9 Å². The fourth-order valence-electron chi connectivity index (χ4n) is 1.36. The third kappa shape index (κ3) is 5.20. The van der Waals surface area contributed by atoms with E-state index in [1.807, 2.05) is 11.0 Å². The van der Waals surface area contributed by atoms with Gasteiger partial charge in [0.15, 0.2) is 0 Å². The van der Waals surface area contributed by atoms with Crippen molar-refractivity contribution in [1.82, 2.24) is 21.6 Å². The lowest BCUT2D eigenvalue weighted by atomic mass is 10.1. The van der Waals surface area contributed by atoms with Gasteiger partial charge in [-0.25, -0.2) is 11.0 Å². The van der Waals surface area contributed by atoms with Crippen LogP contribution in [0, 0.1) is 0 Å². The van der Waals surface area contributed by atoms with Crippen LogP contribution in [0.4, 0.5) is 0 Å². The number of amides is 4. The Morgan fingerprint density at radius 2 is 1.30 bits per heavy atom. The Bertz CT molecular complexity index is 375. The van der Waals surface area contributed by atoms with Crippen LogP contribution in [0.5, 0.6) is 0 Å². The molecule has 1 heterocycles. The predicted molar refractivity (Wildman–Crippen MR) is 63.4 cm³/mol. The Morgan fingerprint density at radius 1 is 0.950 bits per heavy atom. The van der Waals surface area contributed by atoms with Gasteiger partial charge in [0.25, 0.3) is 0 Å². The smallest absolute Gasteiger partial charge is 0.245 e. The Balaban J connectivity index is 2.37. The number of piperazine rings is 1. The lowest BCUT2D eigenvalue weighted by Crippen LogP contribution is -2.64. The molecule has 4 N–H and O–H groups in total. The third-order valence-electron chi connectivity index (χ3n) is 2.20. The average Bonchev–Trinajstić information content (AvgIpc) is 2.33. The zero-order valence-corrected chi connectivity index (χ0v) is 11.0. The Hall–Kier alpha value is -2.20. The molecule has 2 atom stereocenters. The molecule has 0 bridgehead atoms. The van der Waals surface area contributed by atoms with E-state index in [2.05, 4.69) is 10.6 Å². The van der Waals surface area contributed by atoms with Crippen LogP contribution >= 0.6 is 0 Å². The fraction of sp³-hybridized carbons (Fsp3) is 0.600. The highest BCUT2D eigenvalue weighted by molar-refractivity contribution is 5.97. The summed E-state index contributed by atoms with van der Waals surface area (Å²) in [7, 11) is 0. The summed E-state index contributed by atoms with van der Waals surface area (Å²) in [6.45, 7) is 2.09. The number of hydroxylamine groups is 2. The first-order valence-corrected chi connectivity index (χ1v) is 5.77. The summed E-state index contributed by atoms with van der Waals surface area (Å²) >= 11 is 0. The van der Waals surface area contributed by atoms with Gasteiger partial charge in [0, 0.05) is 13.8 Å². The number of hydrogen-bond acceptors (Lipinski definition) is 6. The van der Waals surface area contributed by atoms with Crippen molar-refractivity contribution in [2.75, 3.05) is 13.2 Å². The lowest BCUT2D eigenvalue weighted by Gasteiger charge is -2.28. The summed E-state index contributed by atoms with van der Waals surface area (Å²) in [5.41, 5.74) is 4.09. The zero-order chi connectivity index (χ0) is 15.1. The molecule has 1 aliphatic heterocycles. The molecule has 0 radical (unpaired) electrons. The van der Waals surface area contributed by atoms with Crippen molar-refractivity contribution in [2.45, 2.75) is 25.9 Å². The van der Waals surface area contributed by atoms with Gasteiger partial charge < -0.3 is 10.6 Å². The topological polar surface area (TPSA) is 135 Å². The monoisotopic (exact) mass is 288 g/mol. The maximum absolute atomic E-state index is 11.7. The number of carbonyl (C=O) groups excluding carboxylic acids is 4. The van der Waals surface area contributed by atoms with Gasteiger partial charge in [-0.05, 0) is 0 Å². The molecule has 10 heteroatoms. The van der Waals surface area contributed by atoms with Gasteiger partial charge in [0.1, 0.15) is 25.3 Å². The van der Waals surface area contributed by atoms with Crippen molar-refractivity contribution in [3.63, 3.8) is 0 Å². The zero-order valence-electron chi connectivity index (χ0n) is 11.0. The van der Waals surface area contributed by atoms with Crippen LogP contribution in [-0.2, 0) is 28.9 Å². The van der Waals surface area contributed by atoms with E-state index >= 15 is 0 Å². The van der Waals surface area contributed by atoms with Crippen molar-refractivity contribution < 1.29 is 28.9 Å². The summed E-state index contributed by atoms with van der Waals surface area (Å²) in [6.07, 6.45) is 0. The van der Waals surface area contributed by atoms with Crippen molar-refractivity contribution in [3.8, 4) is 0 Å². The highest BCUT2D eigenvalue weighted by Gasteiger charge is 2.34. The Kier molecular flexibility index (Phi) is 5.87. The molecule has 0 saturated carbocycles. The van der Waals surface area contributed by atoms with E-state index in [9.17, 15) is 19.2 Å². The summed E-state index contributed by atoms with van der Waals surface area (Å²) < 4.78 is 0. The van der Waals surface area contributed by atoms with Gasteiger partial charge in [-0.1, -0.05) is 0 Å². The maximum atomic E-state index is 11.7. The third-order valence-corrected chi connectivity index (χ3v) is 2.20. The van der Waals surface area contributed by atoms with Gasteiger partial charge in [-0.2, -0.15) is 0 Å². The minimum Gasteiger partial charge on any atom is -0.340 e. The van der Waals surface area contributed by atoms with Crippen molar-refractivity contribution in [3.05, 3.63) is 0 Å². The summed E-state index contributed by atoms with van der Waals surface area (Å²) in [4.78, 5) is 54.0. The maximum Gasteiger partial charge on any atom is 0.245 e. The van der Waals surface area contributed by atoms with E-state index in [0.717, 1.165) is 0 Å². The van der Waals surface area contributed by atoms with Crippen LogP contribution in [0.15, 0.2) is 0 Å². The first-order chi connectivity index (χ1) is 9.40. The molecule has 4 amide bonds. The quantitative estimate of drug-likeness (QED) is 0.387. The first kappa shape index (κ1) is 15.9. The molecule has 10 nitrogen and oxygen atoms in total. The molecule has 1 saturated heterocycles. The Labute approximate surface area is 114 Å². The van der Waals surface area contributed by atoms with Crippen LogP contribution < -0.4 is 21.6 Å². The molecule has 1 fully saturated rings. The molecule has 112 valence electrons. The van der Waals surface area contributed by atoms with Crippen LogP contribution in [0.1, 0.15) is 13.8 Å². The largest absolute Gasteiger partial charge is 0.340 e. The number of carbonyl (C=O) groups is 4. The molecule has 0 aliphatic carbocycles. The molecule has 0 unspecified atom stereocenters. The molecule has 0 aromatic rings. The van der Waals surface area contributed by atoms with E-state index in [1.54, 1.807) is 0 Å². The van der Waals surface area contributed by atoms with Crippen molar-refractivity contribution in [1.29, 1.82) is 0 Å². The molecule has 0 aromatic carbocycles. The normalized spacial score (nSPS) is 21.7. The van der Waals surface area contributed by atoms with Gasteiger partial charge in [0.05, 0.1) is 0 Å². The minimum absolute atomic E-state index is 0.198. The van der Waals surface area contributed by atoms with Crippen molar-refractivity contribution in [2.24, 2.45) is 0 Å². The van der Waals surface area contributed by atoms with Gasteiger partial charge >= 0.3 is 0 Å². The number of rotatable bonds is 6. The minimum atomic E-state index is -0.911. The lowest BCUT2D eigenvalue weighted by molar-refractivity contribution is -0.145. The first-order valence-electron chi connectivity index (χ1n) is 5.77. The van der Waals surface area contributed by atoms with Crippen LogP contribution in [0.25, 0.3) is 0 Å². The summed E-state index contributed by atoms with van der Waals surface area (Å²) in [5, 5.41) is 4.82. The average molecular weight is 288 g/mol. The molecule has 20 heavy (non-hydrogen) atoms. The summed E-state index contributed by atoms with van der Waals surface area (Å²) in [5.74, 6) is -1.80.